The van der Waals surface area contributed by atoms with Gasteiger partial charge in [0.05, 0.1) is 18.8 Å². The van der Waals surface area contributed by atoms with Crippen molar-refractivity contribution in [3.63, 3.8) is 0 Å². The molecular weight excluding hydrogens is 192 g/mol. The average Bonchev–Trinajstić information content (AvgIpc) is 2.66. The fraction of sp³-hybridized carbons (Fsp3) is 0.727. The third-order valence-corrected chi connectivity index (χ3v) is 2.66. The maximum atomic E-state index is 5.47. The van der Waals surface area contributed by atoms with Crippen molar-refractivity contribution in [1.82, 2.24) is 10.3 Å². The Balaban J connectivity index is 1.88. The fourth-order valence-corrected chi connectivity index (χ4v) is 1.87. The minimum Gasteiger partial charge on any atom is -0.444 e. The summed E-state index contributed by atoms with van der Waals surface area (Å²) in [6.45, 7) is 5.67. The molecule has 2 rings (SSSR count). The second kappa shape index (κ2) is 4.77. The normalized spacial score (nSPS) is 24.0. The molecule has 2 unspecified atom stereocenters. The van der Waals surface area contributed by atoms with Crippen LogP contribution in [-0.2, 0) is 4.74 Å². The number of ether oxygens (including phenoxy) is 1. The van der Waals surface area contributed by atoms with Gasteiger partial charge < -0.3 is 14.5 Å². The van der Waals surface area contributed by atoms with Crippen molar-refractivity contribution < 1.29 is 9.15 Å². The molecule has 0 bridgehead atoms. The summed E-state index contributed by atoms with van der Waals surface area (Å²) >= 11 is 0. The van der Waals surface area contributed by atoms with E-state index in [1.54, 1.807) is 6.20 Å². The van der Waals surface area contributed by atoms with Crippen molar-refractivity contribution in [2.75, 3.05) is 13.2 Å². The molecule has 0 radical (unpaired) electrons. The van der Waals surface area contributed by atoms with Gasteiger partial charge >= 0.3 is 0 Å². The summed E-state index contributed by atoms with van der Waals surface area (Å²) in [5.41, 5.74) is 0. The van der Waals surface area contributed by atoms with Gasteiger partial charge in [-0.15, -0.1) is 0 Å². The SMILES string of the molecule is Cc1cnc(C(C)NC2CCCOC2)o1. The Morgan fingerprint density at radius 3 is 3.07 bits per heavy atom. The van der Waals surface area contributed by atoms with E-state index < -0.39 is 0 Å². The van der Waals surface area contributed by atoms with Gasteiger partial charge in [-0.25, -0.2) is 4.98 Å². The number of hydrogen-bond acceptors (Lipinski definition) is 4. The fourth-order valence-electron chi connectivity index (χ4n) is 1.87. The van der Waals surface area contributed by atoms with Crippen LogP contribution in [0.2, 0.25) is 0 Å². The molecule has 0 amide bonds. The lowest BCUT2D eigenvalue weighted by Gasteiger charge is -2.25. The van der Waals surface area contributed by atoms with E-state index >= 15 is 0 Å². The minimum atomic E-state index is 0.158. The summed E-state index contributed by atoms with van der Waals surface area (Å²) in [6.07, 6.45) is 4.06. The number of oxazole rings is 1. The summed E-state index contributed by atoms with van der Waals surface area (Å²) in [4.78, 5) is 4.21. The monoisotopic (exact) mass is 210 g/mol. The summed E-state index contributed by atoms with van der Waals surface area (Å²) in [7, 11) is 0. The average molecular weight is 210 g/mol. The van der Waals surface area contributed by atoms with Crippen LogP contribution in [0.15, 0.2) is 10.6 Å². The van der Waals surface area contributed by atoms with E-state index in [9.17, 15) is 0 Å². The first kappa shape index (κ1) is 10.6. The molecule has 15 heavy (non-hydrogen) atoms. The molecule has 1 N–H and O–H groups in total. The molecule has 4 nitrogen and oxygen atoms in total. The van der Waals surface area contributed by atoms with Crippen molar-refractivity contribution >= 4 is 0 Å². The van der Waals surface area contributed by atoms with Crippen LogP contribution in [0, 0.1) is 6.92 Å². The quantitative estimate of drug-likeness (QED) is 0.826. The standard InChI is InChI=1S/C11H18N2O2/c1-8-6-12-11(15-8)9(2)13-10-4-3-5-14-7-10/h6,9-10,13H,3-5,7H2,1-2H3. The van der Waals surface area contributed by atoms with Crippen molar-refractivity contribution in [1.29, 1.82) is 0 Å². The molecule has 1 aromatic heterocycles. The molecule has 1 saturated heterocycles. The lowest BCUT2D eigenvalue weighted by atomic mass is 10.1. The highest BCUT2D eigenvalue weighted by Gasteiger charge is 2.19. The second-order valence-corrected chi connectivity index (χ2v) is 4.11. The zero-order valence-corrected chi connectivity index (χ0v) is 9.32. The number of nitrogens with one attached hydrogen (secondary N) is 1. The predicted octanol–water partition coefficient (Wildman–Crippen LogP) is 1.81. The van der Waals surface area contributed by atoms with Crippen molar-refractivity contribution in [3.05, 3.63) is 17.8 Å². The molecular formula is C11H18N2O2. The van der Waals surface area contributed by atoms with Gasteiger partial charge in [0.15, 0.2) is 0 Å². The molecule has 2 heterocycles. The molecule has 2 atom stereocenters. The van der Waals surface area contributed by atoms with E-state index in [-0.39, 0.29) is 6.04 Å². The minimum absolute atomic E-state index is 0.158. The number of aryl methyl sites for hydroxylation is 1. The number of aromatic nitrogens is 1. The summed E-state index contributed by atoms with van der Waals surface area (Å²) < 4.78 is 10.9. The molecule has 1 aromatic rings. The Morgan fingerprint density at radius 1 is 1.60 bits per heavy atom. The van der Waals surface area contributed by atoms with Gasteiger partial charge in [0, 0.05) is 12.6 Å². The van der Waals surface area contributed by atoms with E-state index in [0.29, 0.717) is 6.04 Å². The first-order valence-electron chi connectivity index (χ1n) is 5.52. The highest BCUT2D eigenvalue weighted by atomic mass is 16.5. The third-order valence-electron chi connectivity index (χ3n) is 2.66. The number of rotatable bonds is 3. The number of hydrogen-bond donors (Lipinski definition) is 1. The summed E-state index contributed by atoms with van der Waals surface area (Å²) in [5, 5.41) is 3.47. The first-order chi connectivity index (χ1) is 7.25. The van der Waals surface area contributed by atoms with Gasteiger partial charge in [-0.05, 0) is 26.7 Å². The van der Waals surface area contributed by atoms with Crippen LogP contribution >= 0.6 is 0 Å². The Kier molecular flexibility index (Phi) is 3.38. The van der Waals surface area contributed by atoms with E-state index in [1.165, 1.54) is 6.42 Å². The molecule has 84 valence electrons. The summed E-state index contributed by atoms with van der Waals surface area (Å²) in [6, 6.07) is 0.589. The molecule has 0 saturated carbocycles. The van der Waals surface area contributed by atoms with Gasteiger partial charge in [0.2, 0.25) is 5.89 Å². The first-order valence-corrected chi connectivity index (χ1v) is 5.52. The molecule has 1 aliphatic rings. The summed E-state index contributed by atoms with van der Waals surface area (Å²) in [5.74, 6) is 1.62. The Morgan fingerprint density at radius 2 is 2.47 bits per heavy atom. The molecule has 4 heteroatoms. The molecule has 0 aliphatic carbocycles. The largest absolute Gasteiger partial charge is 0.444 e. The van der Waals surface area contributed by atoms with Crippen LogP contribution in [0.25, 0.3) is 0 Å². The van der Waals surface area contributed by atoms with E-state index in [2.05, 4.69) is 17.2 Å². The maximum Gasteiger partial charge on any atom is 0.211 e. The Hall–Kier alpha value is -0.870. The predicted molar refractivity (Wildman–Crippen MR) is 56.6 cm³/mol. The zero-order chi connectivity index (χ0) is 10.7. The van der Waals surface area contributed by atoms with Gasteiger partial charge in [-0.3, -0.25) is 0 Å². The molecule has 1 fully saturated rings. The van der Waals surface area contributed by atoms with Crippen LogP contribution in [0.4, 0.5) is 0 Å². The topological polar surface area (TPSA) is 47.3 Å². The lowest BCUT2D eigenvalue weighted by molar-refractivity contribution is 0.0658. The van der Waals surface area contributed by atoms with Gasteiger partial charge in [-0.1, -0.05) is 0 Å². The maximum absolute atomic E-state index is 5.47. The Labute approximate surface area is 90.0 Å². The van der Waals surface area contributed by atoms with Crippen LogP contribution in [-0.4, -0.2) is 24.2 Å². The molecule has 0 spiro atoms. The highest BCUT2D eigenvalue weighted by Crippen LogP contribution is 2.15. The van der Waals surface area contributed by atoms with E-state index in [4.69, 9.17) is 9.15 Å². The van der Waals surface area contributed by atoms with E-state index in [0.717, 1.165) is 31.3 Å². The Bertz CT molecular complexity index is 305. The zero-order valence-electron chi connectivity index (χ0n) is 9.32. The third kappa shape index (κ3) is 2.79. The van der Waals surface area contributed by atoms with Crippen LogP contribution in [0.3, 0.4) is 0 Å². The second-order valence-electron chi connectivity index (χ2n) is 4.11. The van der Waals surface area contributed by atoms with Gasteiger partial charge in [-0.2, -0.15) is 0 Å². The van der Waals surface area contributed by atoms with Gasteiger partial charge in [0.25, 0.3) is 0 Å². The van der Waals surface area contributed by atoms with Crippen LogP contribution in [0.1, 0.15) is 37.5 Å². The van der Waals surface area contributed by atoms with Gasteiger partial charge in [0.1, 0.15) is 5.76 Å². The lowest BCUT2D eigenvalue weighted by Crippen LogP contribution is -2.38. The molecule has 1 aliphatic heterocycles. The van der Waals surface area contributed by atoms with Crippen molar-refractivity contribution in [2.45, 2.75) is 38.8 Å². The smallest absolute Gasteiger partial charge is 0.211 e. The highest BCUT2D eigenvalue weighted by molar-refractivity contribution is 4.95. The van der Waals surface area contributed by atoms with E-state index in [1.807, 2.05) is 6.92 Å². The van der Waals surface area contributed by atoms with Crippen molar-refractivity contribution in [3.8, 4) is 0 Å². The molecule has 0 aromatic carbocycles. The van der Waals surface area contributed by atoms with Crippen LogP contribution < -0.4 is 5.32 Å². The van der Waals surface area contributed by atoms with Crippen LogP contribution in [0.5, 0.6) is 0 Å². The number of nitrogens with zero attached hydrogens (tertiary/aromatic N) is 1. The van der Waals surface area contributed by atoms with Crippen molar-refractivity contribution in [2.24, 2.45) is 0 Å².